The standard InChI is InChI=1S/C6H11NOS/c1-2-3-4-6(9)7-5-8/h2-4,7-9H,5H2,1H3/b3-2-,6-4+. The summed E-state index contributed by atoms with van der Waals surface area (Å²) < 4.78 is 0. The maximum absolute atomic E-state index is 8.31. The summed E-state index contributed by atoms with van der Waals surface area (Å²) in [5, 5.41) is 11.6. The summed E-state index contributed by atoms with van der Waals surface area (Å²) in [5.74, 6) is 0. The summed E-state index contributed by atoms with van der Waals surface area (Å²) in [6, 6.07) is 0. The Labute approximate surface area is 60.7 Å². The van der Waals surface area contributed by atoms with Crippen LogP contribution in [0.1, 0.15) is 6.92 Å². The Kier molecular flexibility index (Phi) is 5.46. The molecular weight excluding hydrogens is 134 g/mol. The van der Waals surface area contributed by atoms with Gasteiger partial charge in [0.25, 0.3) is 0 Å². The Morgan fingerprint density at radius 1 is 1.78 bits per heavy atom. The van der Waals surface area contributed by atoms with E-state index in [9.17, 15) is 0 Å². The van der Waals surface area contributed by atoms with Gasteiger partial charge in [0.1, 0.15) is 6.73 Å². The predicted molar refractivity (Wildman–Crippen MR) is 42.1 cm³/mol. The van der Waals surface area contributed by atoms with Crippen molar-refractivity contribution in [3.63, 3.8) is 0 Å². The molecule has 0 fully saturated rings. The molecular formula is C6H11NOS. The Balaban J connectivity index is 3.55. The van der Waals surface area contributed by atoms with Crippen LogP contribution in [-0.2, 0) is 0 Å². The average molecular weight is 145 g/mol. The molecule has 0 saturated heterocycles. The largest absolute Gasteiger partial charge is 0.377 e. The maximum atomic E-state index is 8.31. The number of rotatable bonds is 3. The molecule has 0 radical (unpaired) electrons. The summed E-state index contributed by atoms with van der Waals surface area (Å²) in [6.45, 7) is 1.84. The molecule has 0 bridgehead atoms. The fraction of sp³-hybridized carbons (Fsp3) is 0.333. The van der Waals surface area contributed by atoms with Crippen molar-refractivity contribution < 1.29 is 5.11 Å². The van der Waals surface area contributed by atoms with Crippen LogP contribution in [0.4, 0.5) is 0 Å². The fourth-order valence-corrected chi connectivity index (χ4v) is 0.484. The first kappa shape index (κ1) is 8.59. The van der Waals surface area contributed by atoms with Gasteiger partial charge < -0.3 is 10.4 Å². The topological polar surface area (TPSA) is 32.3 Å². The van der Waals surface area contributed by atoms with Crippen molar-refractivity contribution in [2.75, 3.05) is 6.73 Å². The van der Waals surface area contributed by atoms with Gasteiger partial charge in [0.15, 0.2) is 0 Å². The van der Waals surface area contributed by atoms with Crippen LogP contribution in [-0.4, -0.2) is 11.8 Å². The number of aliphatic hydroxyl groups excluding tert-OH is 1. The Hall–Kier alpha value is -0.410. The quantitative estimate of drug-likeness (QED) is 0.313. The SMILES string of the molecule is C/C=C\C=C(\S)NCO. The van der Waals surface area contributed by atoms with E-state index in [2.05, 4.69) is 17.9 Å². The van der Waals surface area contributed by atoms with Gasteiger partial charge in [0, 0.05) is 0 Å². The van der Waals surface area contributed by atoms with Crippen LogP contribution in [0.15, 0.2) is 23.3 Å². The minimum atomic E-state index is -0.0765. The minimum Gasteiger partial charge on any atom is -0.377 e. The monoisotopic (exact) mass is 145 g/mol. The number of nitrogens with one attached hydrogen (secondary N) is 1. The molecule has 3 heteroatoms. The zero-order chi connectivity index (χ0) is 7.11. The first-order chi connectivity index (χ1) is 4.31. The van der Waals surface area contributed by atoms with Crippen molar-refractivity contribution in [1.29, 1.82) is 0 Å². The highest BCUT2D eigenvalue weighted by Gasteiger charge is 1.79. The fourth-order valence-electron chi connectivity index (χ4n) is 0.327. The van der Waals surface area contributed by atoms with Crippen molar-refractivity contribution in [3.05, 3.63) is 23.3 Å². The van der Waals surface area contributed by atoms with E-state index in [1.54, 1.807) is 6.08 Å². The van der Waals surface area contributed by atoms with Crippen LogP contribution in [0, 0.1) is 0 Å². The molecule has 0 aliphatic rings. The van der Waals surface area contributed by atoms with Crippen molar-refractivity contribution in [3.8, 4) is 0 Å². The molecule has 2 N–H and O–H groups in total. The normalized spacial score (nSPS) is 12.6. The lowest BCUT2D eigenvalue weighted by atomic mass is 10.5. The lowest BCUT2D eigenvalue weighted by Gasteiger charge is -1.96. The molecule has 0 unspecified atom stereocenters. The summed E-state index contributed by atoms with van der Waals surface area (Å²) in [5.41, 5.74) is 0. The lowest BCUT2D eigenvalue weighted by Crippen LogP contribution is -2.09. The number of hydrogen-bond donors (Lipinski definition) is 3. The second-order valence-corrected chi connectivity index (χ2v) is 1.89. The van der Waals surface area contributed by atoms with E-state index in [0.29, 0.717) is 5.03 Å². The Bertz CT molecular complexity index is 120. The van der Waals surface area contributed by atoms with Crippen molar-refractivity contribution in [2.24, 2.45) is 0 Å². The highest BCUT2D eigenvalue weighted by Crippen LogP contribution is 1.92. The van der Waals surface area contributed by atoms with Gasteiger partial charge in [-0.1, -0.05) is 12.2 Å². The van der Waals surface area contributed by atoms with Gasteiger partial charge in [-0.25, -0.2) is 0 Å². The predicted octanol–water partition coefficient (Wildman–Crippen LogP) is 0.873. The summed E-state index contributed by atoms with van der Waals surface area (Å²) in [6.07, 6.45) is 5.49. The molecule has 0 amide bonds. The summed E-state index contributed by atoms with van der Waals surface area (Å²) >= 11 is 3.98. The third-order valence-corrected chi connectivity index (χ3v) is 1.01. The second kappa shape index (κ2) is 5.72. The molecule has 52 valence electrons. The lowest BCUT2D eigenvalue weighted by molar-refractivity contribution is 0.278. The van der Waals surface area contributed by atoms with E-state index in [1.165, 1.54) is 0 Å². The smallest absolute Gasteiger partial charge is 0.113 e. The van der Waals surface area contributed by atoms with Gasteiger partial charge >= 0.3 is 0 Å². The third kappa shape index (κ3) is 5.46. The highest BCUT2D eigenvalue weighted by molar-refractivity contribution is 7.84. The van der Waals surface area contributed by atoms with E-state index in [0.717, 1.165) is 0 Å². The van der Waals surface area contributed by atoms with E-state index >= 15 is 0 Å². The zero-order valence-electron chi connectivity index (χ0n) is 5.33. The Morgan fingerprint density at radius 2 is 2.44 bits per heavy atom. The molecule has 0 atom stereocenters. The number of hydrogen-bond acceptors (Lipinski definition) is 3. The molecule has 0 aromatic rings. The third-order valence-electron chi connectivity index (χ3n) is 0.707. The summed E-state index contributed by atoms with van der Waals surface area (Å²) in [7, 11) is 0. The number of thiol groups is 1. The number of aliphatic hydroxyl groups is 1. The second-order valence-electron chi connectivity index (χ2n) is 1.41. The first-order valence-electron chi connectivity index (χ1n) is 2.68. The molecule has 0 aliphatic heterocycles. The van der Waals surface area contributed by atoms with Gasteiger partial charge in [-0.15, -0.1) is 12.6 Å². The Morgan fingerprint density at radius 3 is 2.89 bits per heavy atom. The van der Waals surface area contributed by atoms with Gasteiger partial charge in [-0.2, -0.15) is 0 Å². The van der Waals surface area contributed by atoms with Crippen LogP contribution < -0.4 is 5.32 Å². The van der Waals surface area contributed by atoms with E-state index < -0.39 is 0 Å². The van der Waals surface area contributed by atoms with Crippen LogP contribution in [0.25, 0.3) is 0 Å². The molecule has 0 aliphatic carbocycles. The van der Waals surface area contributed by atoms with E-state index in [1.807, 2.05) is 19.1 Å². The van der Waals surface area contributed by atoms with Gasteiger partial charge in [0.2, 0.25) is 0 Å². The minimum absolute atomic E-state index is 0.0765. The number of allylic oxidation sites excluding steroid dienone is 3. The molecule has 0 saturated carbocycles. The van der Waals surface area contributed by atoms with Gasteiger partial charge in [-0.05, 0) is 13.0 Å². The maximum Gasteiger partial charge on any atom is 0.113 e. The molecule has 0 aromatic heterocycles. The molecule has 9 heavy (non-hydrogen) atoms. The van der Waals surface area contributed by atoms with Crippen molar-refractivity contribution >= 4 is 12.6 Å². The van der Waals surface area contributed by atoms with Crippen LogP contribution >= 0.6 is 12.6 Å². The molecule has 2 nitrogen and oxygen atoms in total. The average Bonchev–Trinajstić information content (AvgIpc) is 1.85. The van der Waals surface area contributed by atoms with Crippen LogP contribution in [0.3, 0.4) is 0 Å². The van der Waals surface area contributed by atoms with Gasteiger partial charge in [-0.3, -0.25) is 0 Å². The molecule has 0 aromatic carbocycles. The molecule has 0 spiro atoms. The van der Waals surface area contributed by atoms with Gasteiger partial charge in [0.05, 0.1) is 5.03 Å². The highest BCUT2D eigenvalue weighted by atomic mass is 32.1. The zero-order valence-corrected chi connectivity index (χ0v) is 6.23. The van der Waals surface area contributed by atoms with Crippen LogP contribution in [0.5, 0.6) is 0 Å². The van der Waals surface area contributed by atoms with E-state index in [4.69, 9.17) is 5.11 Å². The van der Waals surface area contributed by atoms with Crippen molar-refractivity contribution in [2.45, 2.75) is 6.92 Å². The molecule has 0 heterocycles. The van der Waals surface area contributed by atoms with E-state index in [-0.39, 0.29) is 6.73 Å². The molecule has 0 rings (SSSR count). The summed E-state index contributed by atoms with van der Waals surface area (Å²) in [4.78, 5) is 0. The van der Waals surface area contributed by atoms with Crippen molar-refractivity contribution in [1.82, 2.24) is 5.32 Å². The first-order valence-corrected chi connectivity index (χ1v) is 3.12. The van der Waals surface area contributed by atoms with Crippen LogP contribution in [0.2, 0.25) is 0 Å².